The molecule has 1 atom stereocenters. The molecule has 1 rings (SSSR count). The molecule has 1 fully saturated rings. The minimum Gasteiger partial charge on any atom is -0.396 e. The Morgan fingerprint density at radius 2 is 2.00 bits per heavy atom. The summed E-state index contributed by atoms with van der Waals surface area (Å²) in [5, 5.41) is 8.69. The summed E-state index contributed by atoms with van der Waals surface area (Å²) in [6.45, 7) is 4.39. The molecule has 3 heteroatoms. The third-order valence-corrected chi connectivity index (χ3v) is 3.84. The molecule has 1 aliphatic rings. The molecule has 1 aliphatic heterocycles. The number of hydrogen-bond donors (Lipinski definition) is 1. The summed E-state index contributed by atoms with van der Waals surface area (Å²) in [6, 6.07) is 0. The number of nitrogens with zero attached hydrogens (tertiary/aromatic N) is 1. The van der Waals surface area contributed by atoms with E-state index in [0.717, 1.165) is 57.5 Å². The van der Waals surface area contributed by atoms with Crippen LogP contribution in [0.2, 0.25) is 0 Å². The fraction of sp³-hybridized carbons (Fsp3) is 0.929. The zero-order valence-corrected chi connectivity index (χ0v) is 11.2. The number of aliphatic hydroxyl groups excluding tert-OH is 1. The Morgan fingerprint density at radius 3 is 2.71 bits per heavy atom. The lowest BCUT2D eigenvalue weighted by atomic mass is 9.98. The van der Waals surface area contributed by atoms with Crippen LogP contribution in [0.3, 0.4) is 0 Å². The van der Waals surface area contributed by atoms with Crippen molar-refractivity contribution in [2.45, 2.75) is 58.3 Å². The van der Waals surface area contributed by atoms with Gasteiger partial charge in [-0.1, -0.05) is 26.2 Å². The molecule has 17 heavy (non-hydrogen) atoms. The third kappa shape index (κ3) is 5.53. The molecule has 0 spiro atoms. The summed E-state index contributed by atoms with van der Waals surface area (Å²) in [6.07, 6.45) is 8.40. The summed E-state index contributed by atoms with van der Waals surface area (Å²) in [4.78, 5) is 13.9. The van der Waals surface area contributed by atoms with Crippen molar-refractivity contribution in [2.24, 2.45) is 5.92 Å². The van der Waals surface area contributed by atoms with Crippen LogP contribution in [0.5, 0.6) is 0 Å². The van der Waals surface area contributed by atoms with Crippen molar-refractivity contribution >= 4 is 5.91 Å². The summed E-state index contributed by atoms with van der Waals surface area (Å²) >= 11 is 0. The standard InChI is InChI=1S/C14H27NO2/c1-2-13-7-8-14(17)15(11-9-13)10-5-3-4-6-12-16/h13,16H,2-12H2,1H3. The van der Waals surface area contributed by atoms with Crippen LogP contribution >= 0.6 is 0 Å². The summed E-state index contributed by atoms with van der Waals surface area (Å²) in [7, 11) is 0. The molecule has 0 saturated carbocycles. The van der Waals surface area contributed by atoms with Crippen LogP contribution in [-0.4, -0.2) is 35.6 Å². The summed E-state index contributed by atoms with van der Waals surface area (Å²) < 4.78 is 0. The van der Waals surface area contributed by atoms with Gasteiger partial charge in [-0.2, -0.15) is 0 Å². The van der Waals surface area contributed by atoms with Crippen molar-refractivity contribution in [1.82, 2.24) is 4.90 Å². The van der Waals surface area contributed by atoms with Crippen molar-refractivity contribution in [2.75, 3.05) is 19.7 Å². The number of carbonyl (C=O) groups excluding carboxylic acids is 1. The van der Waals surface area contributed by atoms with Gasteiger partial charge in [0.15, 0.2) is 0 Å². The second kappa shape index (κ2) is 8.51. The second-order valence-corrected chi connectivity index (χ2v) is 5.12. The van der Waals surface area contributed by atoms with Crippen molar-refractivity contribution in [3.8, 4) is 0 Å². The number of amides is 1. The Kier molecular flexibility index (Phi) is 7.25. The van der Waals surface area contributed by atoms with E-state index in [1.807, 2.05) is 0 Å². The lowest BCUT2D eigenvalue weighted by Crippen LogP contribution is -2.31. The fourth-order valence-corrected chi connectivity index (χ4v) is 2.51. The van der Waals surface area contributed by atoms with Crippen LogP contribution < -0.4 is 0 Å². The highest BCUT2D eigenvalue weighted by molar-refractivity contribution is 5.76. The van der Waals surface area contributed by atoms with Gasteiger partial charge in [-0.3, -0.25) is 4.79 Å². The molecular weight excluding hydrogens is 214 g/mol. The molecule has 1 heterocycles. The first-order chi connectivity index (χ1) is 8.27. The van der Waals surface area contributed by atoms with E-state index >= 15 is 0 Å². The second-order valence-electron chi connectivity index (χ2n) is 5.12. The maximum Gasteiger partial charge on any atom is 0.222 e. The Bertz CT molecular complexity index is 218. The molecule has 100 valence electrons. The number of unbranched alkanes of at least 4 members (excludes halogenated alkanes) is 3. The molecule has 1 amide bonds. The van der Waals surface area contributed by atoms with E-state index in [2.05, 4.69) is 11.8 Å². The molecule has 0 aromatic rings. The highest BCUT2D eigenvalue weighted by Crippen LogP contribution is 2.21. The largest absolute Gasteiger partial charge is 0.396 e. The van der Waals surface area contributed by atoms with Crippen LogP contribution in [0.4, 0.5) is 0 Å². The van der Waals surface area contributed by atoms with Crippen LogP contribution in [0.25, 0.3) is 0 Å². The van der Waals surface area contributed by atoms with E-state index in [1.165, 1.54) is 12.8 Å². The van der Waals surface area contributed by atoms with E-state index in [0.29, 0.717) is 12.5 Å². The highest BCUT2D eigenvalue weighted by Gasteiger charge is 2.20. The monoisotopic (exact) mass is 241 g/mol. The van der Waals surface area contributed by atoms with Gasteiger partial charge >= 0.3 is 0 Å². The minimum absolute atomic E-state index is 0.292. The van der Waals surface area contributed by atoms with Gasteiger partial charge in [-0.15, -0.1) is 0 Å². The molecule has 0 bridgehead atoms. The smallest absolute Gasteiger partial charge is 0.222 e. The number of rotatable bonds is 7. The Labute approximate surface area is 105 Å². The van der Waals surface area contributed by atoms with Gasteiger partial charge in [0.05, 0.1) is 0 Å². The SMILES string of the molecule is CCC1CCC(=O)N(CCCCCCO)CC1. The molecule has 1 saturated heterocycles. The van der Waals surface area contributed by atoms with Gasteiger partial charge in [-0.05, 0) is 31.6 Å². The fourth-order valence-electron chi connectivity index (χ4n) is 2.51. The number of aliphatic hydroxyl groups is 1. The molecule has 0 radical (unpaired) electrons. The molecule has 1 unspecified atom stereocenters. The first-order valence-corrected chi connectivity index (χ1v) is 7.16. The van der Waals surface area contributed by atoms with Gasteiger partial charge in [0.1, 0.15) is 0 Å². The quantitative estimate of drug-likeness (QED) is 0.696. The maximum absolute atomic E-state index is 11.9. The first-order valence-electron chi connectivity index (χ1n) is 7.16. The number of likely N-dealkylation sites (tertiary alicyclic amines) is 1. The normalized spacial score (nSPS) is 21.6. The van der Waals surface area contributed by atoms with Gasteiger partial charge in [0.25, 0.3) is 0 Å². The van der Waals surface area contributed by atoms with Crippen LogP contribution in [-0.2, 0) is 4.79 Å². The maximum atomic E-state index is 11.9. The predicted octanol–water partition coefficient (Wildman–Crippen LogP) is 2.58. The lowest BCUT2D eigenvalue weighted by Gasteiger charge is -2.20. The van der Waals surface area contributed by atoms with Crippen LogP contribution in [0.15, 0.2) is 0 Å². The predicted molar refractivity (Wildman–Crippen MR) is 69.8 cm³/mol. The third-order valence-electron chi connectivity index (χ3n) is 3.84. The van der Waals surface area contributed by atoms with E-state index in [9.17, 15) is 4.79 Å². The van der Waals surface area contributed by atoms with Gasteiger partial charge in [0, 0.05) is 26.1 Å². The van der Waals surface area contributed by atoms with Crippen molar-refractivity contribution < 1.29 is 9.90 Å². The average molecular weight is 241 g/mol. The zero-order valence-electron chi connectivity index (χ0n) is 11.2. The minimum atomic E-state index is 0.292. The van der Waals surface area contributed by atoms with E-state index < -0.39 is 0 Å². The van der Waals surface area contributed by atoms with E-state index in [4.69, 9.17) is 5.11 Å². The summed E-state index contributed by atoms with van der Waals surface area (Å²) in [5.41, 5.74) is 0. The molecule has 0 aromatic carbocycles. The molecule has 0 aliphatic carbocycles. The molecule has 3 nitrogen and oxygen atoms in total. The van der Waals surface area contributed by atoms with E-state index in [1.54, 1.807) is 0 Å². The number of carbonyl (C=O) groups is 1. The van der Waals surface area contributed by atoms with Gasteiger partial charge < -0.3 is 10.0 Å². The zero-order chi connectivity index (χ0) is 12.5. The Morgan fingerprint density at radius 1 is 1.24 bits per heavy atom. The molecule has 1 N–H and O–H groups in total. The topological polar surface area (TPSA) is 40.5 Å². The lowest BCUT2D eigenvalue weighted by molar-refractivity contribution is -0.130. The average Bonchev–Trinajstić information content (AvgIpc) is 2.52. The van der Waals surface area contributed by atoms with Crippen molar-refractivity contribution in [1.29, 1.82) is 0 Å². The van der Waals surface area contributed by atoms with Crippen LogP contribution in [0.1, 0.15) is 58.3 Å². The van der Waals surface area contributed by atoms with Crippen LogP contribution in [0, 0.1) is 5.92 Å². The van der Waals surface area contributed by atoms with Gasteiger partial charge in [0.2, 0.25) is 5.91 Å². The number of hydrogen-bond acceptors (Lipinski definition) is 2. The van der Waals surface area contributed by atoms with E-state index in [-0.39, 0.29) is 0 Å². The Hall–Kier alpha value is -0.570. The van der Waals surface area contributed by atoms with Crippen molar-refractivity contribution in [3.63, 3.8) is 0 Å². The first kappa shape index (κ1) is 14.5. The molecule has 0 aromatic heterocycles. The van der Waals surface area contributed by atoms with Crippen molar-refractivity contribution in [3.05, 3.63) is 0 Å². The Balaban J connectivity index is 2.20. The highest BCUT2D eigenvalue weighted by atomic mass is 16.2. The molecular formula is C14H27NO2. The summed E-state index contributed by atoms with van der Waals surface area (Å²) in [5.74, 6) is 1.10. The van der Waals surface area contributed by atoms with Gasteiger partial charge in [-0.25, -0.2) is 0 Å².